The van der Waals surface area contributed by atoms with Gasteiger partial charge in [0, 0.05) is 13.6 Å². The number of halogens is 1. The Morgan fingerprint density at radius 3 is 2.92 bits per heavy atom. The first-order valence-corrected chi connectivity index (χ1v) is 4.18. The summed E-state index contributed by atoms with van der Waals surface area (Å²) in [6, 6.07) is 0. The van der Waals surface area contributed by atoms with Crippen molar-refractivity contribution in [2.45, 2.75) is 6.10 Å². The van der Waals surface area contributed by atoms with Crippen LogP contribution in [0.3, 0.4) is 0 Å². The summed E-state index contributed by atoms with van der Waals surface area (Å²) in [5.74, 6) is 0. The Morgan fingerprint density at radius 1 is 1.67 bits per heavy atom. The standard InChI is InChI=1S/C7H12ClNO3/c1-9(7(8)10)4-6-5-11-2-3-12-6/h6H,2-5H2,1H3. The van der Waals surface area contributed by atoms with Crippen LogP contribution in [-0.2, 0) is 9.47 Å². The van der Waals surface area contributed by atoms with E-state index in [0.29, 0.717) is 26.4 Å². The van der Waals surface area contributed by atoms with E-state index < -0.39 is 5.37 Å². The zero-order valence-electron chi connectivity index (χ0n) is 6.96. The van der Waals surface area contributed by atoms with Gasteiger partial charge in [-0.3, -0.25) is 4.79 Å². The lowest BCUT2D eigenvalue weighted by molar-refractivity contribution is -0.0923. The predicted molar refractivity (Wildman–Crippen MR) is 44.4 cm³/mol. The van der Waals surface area contributed by atoms with E-state index >= 15 is 0 Å². The second-order valence-electron chi connectivity index (χ2n) is 2.70. The quantitative estimate of drug-likeness (QED) is 0.479. The van der Waals surface area contributed by atoms with E-state index in [4.69, 9.17) is 21.1 Å². The van der Waals surface area contributed by atoms with Crippen LogP contribution in [0.5, 0.6) is 0 Å². The van der Waals surface area contributed by atoms with E-state index in [1.165, 1.54) is 4.90 Å². The van der Waals surface area contributed by atoms with Crippen LogP contribution in [0.4, 0.5) is 4.79 Å². The number of rotatable bonds is 2. The Bertz CT molecular complexity index is 159. The van der Waals surface area contributed by atoms with Crippen molar-refractivity contribution in [3.63, 3.8) is 0 Å². The molecule has 1 heterocycles. The number of amides is 1. The maximum Gasteiger partial charge on any atom is 0.316 e. The van der Waals surface area contributed by atoms with Crippen molar-refractivity contribution in [3.8, 4) is 0 Å². The molecule has 1 fully saturated rings. The Labute approximate surface area is 76.4 Å². The van der Waals surface area contributed by atoms with Gasteiger partial charge in [0.1, 0.15) is 0 Å². The molecule has 70 valence electrons. The third-order valence-electron chi connectivity index (χ3n) is 1.66. The summed E-state index contributed by atoms with van der Waals surface area (Å²) in [7, 11) is 1.63. The molecule has 12 heavy (non-hydrogen) atoms. The van der Waals surface area contributed by atoms with Gasteiger partial charge in [0.25, 0.3) is 0 Å². The molecule has 0 aromatic heterocycles. The van der Waals surface area contributed by atoms with E-state index in [1.807, 2.05) is 0 Å². The third-order valence-corrected chi connectivity index (χ3v) is 1.95. The van der Waals surface area contributed by atoms with E-state index in [9.17, 15) is 4.79 Å². The predicted octanol–water partition coefficient (Wildman–Crippen LogP) is 0.692. The Hall–Kier alpha value is -0.320. The highest BCUT2D eigenvalue weighted by Crippen LogP contribution is 2.03. The molecule has 0 N–H and O–H groups in total. The van der Waals surface area contributed by atoms with Crippen LogP contribution >= 0.6 is 11.6 Å². The average Bonchev–Trinajstić information content (AvgIpc) is 2.06. The number of hydrogen-bond acceptors (Lipinski definition) is 3. The summed E-state index contributed by atoms with van der Waals surface area (Å²) >= 11 is 5.24. The van der Waals surface area contributed by atoms with Crippen molar-refractivity contribution >= 4 is 17.0 Å². The summed E-state index contributed by atoms with van der Waals surface area (Å²) in [6.07, 6.45) is -0.0357. The fraction of sp³-hybridized carbons (Fsp3) is 0.857. The minimum absolute atomic E-state index is 0.0357. The molecule has 0 saturated carbocycles. The number of nitrogens with zero attached hydrogens (tertiary/aromatic N) is 1. The normalized spacial score (nSPS) is 23.7. The Balaban J connectivity index is 2.24. The SMILES string of the molecule is CN(CC1COCCO1)C(=O)Cl. The van der Waals surface area contributed by atoms with Gasteiger partial charge in [-0.1, -0.05) is 0 Å². The molecule has 1 rings (SSSR count). The number of carbonyl (C=O) groups is 1. The van der Waals surface area contributed by atoms with E-state index in [0.717, 1.165) is 0 Å². The second-order valence-corrected chi connectivity index (χ2v) is 3.02. The summed E-state index contributed by atoms with van der Waals surface area (Å²) in [4.78, 5) is 12.0. The zero-order valence-corrected chi connectivity index (χ0v) is 7.71. The fourth-order valence-electron chi connectivity index (χ4n) is 1.02. The van der Waals surface area contributed by atoms with E-state index in [2.05, 4.69) is 0 Å². The van der Waals surface area contributed by atoms with Gasteiger partial charge in [-0.25, -0.2) is 0 Å². The first kappa shape index (κ1) is 9.77. The Kier molecular flexibility index (Phi) is 3.78. The molecular formula is C7H12ClNO3. The highest BCUT2D eigenvalue weighted by molar-refractivity contribution is 6.62. The molecule has 0 bridgehead atoms. The van der Waals surface area contributed by atoms with Crippen molar-refractivity contribution in [2.75, 3.05) is 33.4 Å². The molecule has 1 atom stereocenters. The first-order chi connectivity index (χ1) is 5.70. The smallest absolute Gasteiger partial charge is 0.316 e. The molecule has 5 heteroatoms. The van der Waals surface area contributed by atoms with Crippen LogP contribution in [0, 0.1) is 0 Å². The van der Waals surface area contributed by atoms with Gasteiger partial charge >= 0.3 is 5.37 Å². The number of carbonyl (C=O) groups excluding carboxylic acids is 1. The van der Waals surface area contributed by atoms with Gasteiger partial charge in [0.2, 0.25) is 0 Å². The first-order valence-electron chi connectivity index (χ1n) is 3.80. The second kappa shape index (κ2) is 4.64. The lowest BCUT2D eigenvalue weighted by Gasteiger charge is -2.26. The number of hydrogen-bond donors (Lipinski definition) is 0. The summed E-state index contributed by atoms with van der Waals surface area (Å²) in [5, 5.41) is -0.468. The maximum atomic E-state index is 10.6. The van der Waals surface area contributed by atoms with Crippen molar-refractivity contribution < 1.29 is 14.3 Å². The van der Waals surface area contributed by atoms with Gasteiger partial charge in [-0.05, 0) is 11.6 Å². The fourth-order valence-corrected chi connectivity index (χ4v) is 1.09. The molecular weight excluding hydrogens is 182 g/mol. The minimum Gasteiger partial charge on any atom is -0.376 e. The van der Waals surface area contributed by atoms with Crippen LogP contribution in [0.15, 0.2) is 0 Å². The molecule has 0 spiro atoms. The largest absolute Gasteiger partial charge is 0.376 e. The topological polar surface area (TPSA) is 38.8 Å². The maximum absolute atomic E-state index is 10.6. The van der Waals surface area contributed by atoms with Crippen molar-refractivity contribution in [1.29, 1.82) is 0 Å². The van der Waals surface area contributed by atoms with Gasteiger partial charge < -0.3 is 14.4 Å². The third kappa shape index (κ3) is 2.97. The lowest BCUT2D eigenvalue weighted by Crippen LogP contribution is -2.39. The number of ether oxygens (including phenoxy) is 2. The highest BCUT2D eigenvalue weighted by Gasteiger charge is 2.17. The van der Waals surface area contributed by atoms with Crippen molar-refractivity contribution in [2.24, 2.45) is 0 Å². The molecule has 1 unspecified atom stereocenters. The molecule has 1 amide bonds. The molecule has 1 saturated heterocycles. The monoisotopic (exact) mass is 193 g/mol. The summed E-state index contributed by atoms with van der Waals surface area (Å²) in [5.41, 5.74) is 0. The van der Waals surface area contributed by atoms with Gasteiger partial charge in [-0.2, -0.15) is 0 Å². The average molecular weight is 194 g/mol. The summed E-state index contributed by atoms with van der Waals surface area (Å²) < 4.78 is 10.5. The van der Waals surface area contributed by atoms with Crippen LogP contribution in [0.1, 0.15) is 0 Å². The van der Waals surface area contributed by atoms with E-state index in [1.54, 1.807) is 7.05 Å². The number of likely N-dealkylation sites (N-methyl/N-ethyl adjacent to an activating group) is 1. The molecule has 0 aromatic carbocycles. The van der Waals surface area contributed by atoms with Crippen LogP contribution in [-0.4, -0.2) is 49.8 Å². The molecule has 0 radical (unpaired) electrons. The minimum atomic E-state index is -0.468. The molecule has 1 aliphatic rings. The van der Waals surface area contributed by atoms with Crippen LogP contribution in [0.2, 0.25) is 0 Å². The van der Waals surface area contributed by atoms with Crippen molar-refractivity contribution in [3.05, 3.63) is 0 Å². The van der Waals surface area contributed by atoms with Crippen molar-refractivity contribution in [1.82, 2.24) is 4.90 Å². The van der Waals surface area contributed by atoms with Crippen LogP contribution < -0.4 is 0 Å². The van der Waals surface area contributed by atoms with E-state index in [-0.39, 0.29) is 6.10 Å². The molecule has 4 nitrogen and oxygen atoms in total. The van der Waals surface area contributed by atoms with Gasteiger partial charge in [0.15, 0.2) is 0 Å². The molecule has 0 aliphatic carbocycles. The van der Waals surface area contributed by atoms with Crippen LogP contribution in [0.25, 0.3) is 0 Å². The molecule has 1 aliphatic heterocycles. The molecule has 0 aromatic rings. The highest BCUT2D eigenvalue weighted by atomic mass is 35.5. The zero-order chi connectivity index (χ0) is 8.97. The summed E-state index contributed by atoms with van der Waals surface area (Å²) in [6.45, 7) is 2.25. The van der Waals surface area contributed by atoms with Gasteiger partial charge in [-0.15, -0.1) is 0 Å². The van der Waals surface area contributed by atoms with Gasteiger partial charge in [0.05, 0.1) is 25.9 Å². The Morgan fingerprint density at radius 2 is 2.42 bits per heavy atom. The lowest BCUT2D eigenvalue weighted by atomic mass is 10.3.